The molecule has 0 bridgehead atoms. The van der Waals surface area contributed by atoms with Crippen LogP contribution < -0.4 is 0 Å². The van der Waals surface area contributed by atoms with Gasteiger partial charge in [-0.05, 0) is 46.3 Å². The summed E-state index contributed by atoms with van der Waals surface area (Å²) >= 11 is 1.72. The highest BCUT2D eigenvalue weighted by atomic mass is 32.2. The Morgan fingerprint density at radius 2 is 2.12 bits per heavy atom. The molecule has 3 nitrogen and oxygen atoms in total. The SMILES string of the molecule is OCCC(O)CC(CO)c1ccc(F)c(CC2=CC3CC=CC=C3S2)c1. The lowest BCUT2D eigenvalue weighted by atomic mass is 9.91. The van der Waals surface area contributed by atoms with Gasteiger partial charge >= 0.3 is 0 Å². The topological polar surface area (TPSA) is 60.7 Å². The molecule has 1 heterocycles. The molecule has 3 unspecified atom stereocenters. The third kappa shape index (κ3) is 4.65. The van der Waals surface area contributed by atoms with E-state index < -0.39 is 6.10 Å². The number of hydrogen-bond acceptors (Lipinski definition) is 4. The third-order valence-corrected chi connectivity index (χ3v) is 6.15. The number of benzene rings is 1. The van der Waals surface area contributed by atoms with Crippen molar-refractivity contribution in [3.05, 3.63) is 69.3 Å². The van der Waals surface area contributed by atoms with Crippen molar-refractivity contribution < 1.29 is 19.7 Å². The van der Waals surface area contributed by atoms with Crippen LogP contribution in [0, 0.1) is 11.7 Å². The molecule has 0 spiro atoms. The molecule has 3 atom stereocenters. The van der Waals surface area contributed by atoms with Crippen LogP contribution in [0.25, 0.3) is 0 Å². The minimum absolute atomic E-state index is 0.0920. The summed E-state index contributed by atoms with van der Waals surface area (Å²) in [6, 6.07) is 4.92. The van der Waals surface area contributed by atoms with Gasteiger partial charge in [-0.15, -0.1) is 0 Å². The lowest BCUT2D eigenvalue weighted by molar-refractivity contribution is 0.107. The second-order valence-corrected chi connectivity index (χ2v) is 8.08. The molecule has 5 heteroatoms. The van der Waals surface area contributed by atoms with Gasteiger partial charge in [0.2, 0.25) is 0 Å². The van der Waals surface area contributed by atoms with Crippen molar-refractivity contribution in [2.75, 3.05) is 13.2 Å². The molecule has 1 aromatic rings. The molecule has 0 fully saturated rings. The molecule has 0 amide bonds. The molecule has 0 saturated carbocycles. The zero-order chi connectivity index (χ0) is 18.5. The van der Waals surface area contributed by atoms with Crippen LogP contribution in [0.3, 0.4) is 0 Å². The fraction of sp³-hybridized carbons (Fsp3) is 0.429. The summed E-state index contributed by atoms with van der Waals surface area (Å²) in [6.45, 7) is -0.211. The number of rotatable bonds is 8. The van der Waals surface area contributed by atoms with Crippen molar-refractivity contribution in [2.24, 2.45) is 5.92 Å². The van der Waals surface area contributed by atoms with E-state index in [1.54, 1.807) is 23.9 Å². The van der Waals surface area contributed by atoms with Gasteiger partial charge in [-0.1, -0.05) is 48.2 Å². The minimum atomic E-state index is -0.679. The van der Waals surface area contributed by atoms with E-state index in [0.717, 1.165) is 16.9 Å². The minimum Gasteiger partial charge on any atom is -0.396 e. The fourth-order valence-corrected chi connectivity index (χ4v) is 4.70. The van der Waals surface area contributed by atoms with Crippen LogP contribution in [0.4, 0.5) is 4.39 Å². The number of thioether (sulfide) groups is 1. The van der Waals surface area contributed by atoms with Crippen molar-refractivity contribution in [1.82, 2.24) is 0 Å². The first-order valence-electron chi connectivity index (χ1n) is 9.04. The van der Waals surface area contributed by atoms with Gasteiger partial charge in [0.1, 0.15) is 5.82 Å². The second kappa shape index (κ2) is 9.00. The Hall–Kier alpha value is -1.40. The van der Waals surface area contributed by atoms with Gasteiger partial charge in [-0.3, -0.25) is 0 Å². The van der Waals surface area contributed by atoms with E-state index in [1.807, 2.05) is 0 Å². The molecule has 140 valence electrons. The van der Waals surface area contributed by atoms with Crippen LogP contribution in [-0.2, 0) is 6.42 Å². The average Bonchev–Trinajstić information content (AvgIpc) is 3.04. The average molecular weight is 376 g/mol. The summed E-state index contributed by atoms with van der Waals surface area (Å²) in [4.78, 5) is 2.47. The molecule has 0 aromatic heterocycles. The predicted octanol–water partition coefficient (Wildman–Crippen LogP) is 3.67. The predicted molar refractivity (Wildman–Crippen MR) is 103 cm³/mol. The lowest BCUT2D eigenvalue weighted by Crippen LogP contribution is -2.16. The zero-order valence-electron chi connectivity index (χ0n) is 14.6. The first-order chi connectivity index (χ1) is 12.6. The molecule has 26 heavy (non-hydrogen) atoms. The van der Waals surface area contributed by atoms with Crippen molar-refractivity contribution in [1.29, 1.82) is 0 Å². The maximum Gasteiger partial charge on any atom is 0.126 e. The molecular formula is C21H25FO3S. The van der Waals surface area contributed by atoms with E-state index >= 15 is 0 Å². The molecule has 1 aliphatic heterocycles. The van der Waals surface area contributed by atoms with Crippen molar-refractivity contribution in [2.45, 2.75) is 37.7 Å². The summed E-state index contributed by atoms with van der Waals surface area (Å²) < 4.78 is 14.3. The zero-order valence-corrected chi connectivity index (χ0v) is 15.5. The Labute approximate surface area is 157 Å². The van der Waals surface area contributed by atoms with E-state index in [-0.39, 0.29) is 31.4 Å². The molecule has 1 aliphatic carbocycles. The van der Waals surface area contributed by atoms with Gasteiger partial charge in [-0.2, -0.15) is 0 Å². The number of aliphatic hydroxyl groups excluding tert-OH is 3. The molecule has 0 saturated heterocycles. The quantitative estimate of drug-likeness (QED) is 0.648. The Bertz CT molecular complexity index is 726. The highest BCUT2D eigenvalue weighted by Crippen LogP contribution is 2.44. The third-order valence-electron chi connectivity index (χ3n) is 4.93. The Morgan fingerprint density at radius 1 is 1.27 bits per heavy atom. The number of fused-ring (bicyclic) bond motifs is 1. The van der Waals surface area contributed by atoms with Crippen molar-refractivity contribution in [3.8, 4) is 0 Å². The smallest absolute Gasteiger partial charge is 0.126 e. The van der Waals surface area contributed by atoms with Gasteiger partial charge in [0.25, 0.3) is 0 Å². The molecule has 1 aromatic carbocycles. The first-order valence-corrected chi connectivity index (χ1v) is 9.85. The lowest BCUT2D eigenvalue weighted by Gasteiger charge is -2.19. The van der Waals surface area contributed by atoms with E-state index in [1.165, 1.54) is 11.0 Å². The van der Waals surface area contributed by atoms with E-state index in [9.17, 15) is 14.6 Å². The number of hydrogen-bond donors (Lipinski definition) is 3. The van der Waals surface area contributed by atoms with E-state index in [0.29, 0.717) is 24.3 Å². The van der Waals surface area contributed by atoms with Gasteiger partial charge in [0.05, 0.1) is 12.7 Å². The van der Waals surface area contributed by atoms with Crippen LogP contribution in [0.2, 0.25) is 0 Å². The summed E-state index contributed by atoms with van der Waals surface area (Å²) in [5.41, 5.74) is 1.44. The molecular weight excluding hydrogens is 351 g/mol. The van der Waals surface area contributed by atoms with Crippen LogP contribution in [0.1, 0.15) is 36.3 Å². The maximum atomic E-state index is 14.3. The van der Waals surface area contributed by atoms with E-state index in [4.69, 9.17) is 5.11 Å². The molecule has 3 N–H and O–H groups in total. The summed E-state index contributed by atoms with van der Waals surface area (Å²) in [5.74, 6) is -0.0921. The molecule has 2 aliphatic rings. The standard InChI is InChI=1S/C21H25FO3S/c22-20-6-5-14(17(13-24)10-18(25)7-8-23)9-16(20)12-19-11-15-3-1-2-4-21(15)26-19/h1-2,4-6,9,11,15,17-18,23-25H,3,7-8,10,12-13H2. The number of allylic oxidation sites excluding steroid dienone is 6. The monoisotopic (exact) mass is 376 g/mol. The number of aliphatic hydroxyl groups is 3. The van der Waals surface area contributed by atoms with Crippen LogP contribution in [-0.4, -0.2) is 34.6 Å². The van der Waals surface area contributed by atoms with Gasteiger partial charge in [-0.25, -0.2) is 4.39 Å². The van der Waals surface area contributed by atoms with Gasteiger partial charge in [0, 0.05) is 24.9 Å². The van der Waals surface area contributed by atoms with Crippen molar-refractivity contribution >= 4 is 11.8 Å². The van der Waals surface area contributed by atoms with Crippen LogP contribution in [0.5, 0.6) is 0 Å². The first kappa shape index (κ1) is 19.4. The number of halogens is 1. The summed E-state index contributed by atoms with van der Waals surface area (Å²) in [7, 11) is 0. The fourth-order valence-electron chi connectivity index (χ4n) is 3.48. The van der Waals surface area contributed by atoms with Gasteiger partial charge < -0.3 is 15.3 Å². The van der Waals surface area contributed by atoms with Crippen LogP contribution in [0.15, 0.2) is 52.3 Å². The molecule has 3 rings (SSSR count). The van der Waals surface area contributed by atoms with E-state index in [2.05, 4.69) is 24.3 Å². The van der Waals surface area contributed by atoms with Gasteiger partial charge in [0.15, 0.2) is 0 Å². The molecule has 0 radical (unpaired) electrons. The highest BCUT2D eigenvalue weighted by molar-refractivity contribution is 8.07. The Morgan fingerprint density at radius 3 is 2.85 bits per heavy atom. The Kier molecular flexibility index (Phi) is 6.70. The van der Waals surface area contributed by atoms with Crippen molar-refractivity contribution in [3.63, 3.8) is 0 Å². The van der Waals surface area contributed by atoms with Crippen LogP contribution >= 0.6 is 11.8 Å². The summed E-state index contributed by atoms with van der Waals surface area (Å²) in [6.07, 6.45) is 10.1. The highest BCUT2D eigenvalue weighted by Gasteiger charge is 2.24. The second-order valence-electron chi connectivity index (χ2n) is 6.88. The largest absolute Gasteiger partial charge is 0.396 e. The summed E-state index contributed by atoms with van der Waals surface area (Å²) in [5, 5.41) is 28.5. The normalized spacial score (nSPS) is 21.2. The Balaban J connectivity index is 1.73. The maximum absolute atomic E-state index is 14.3.